The van der Waals surface area contributed by atoms with Gasteiger partial charge < -0.3 is 5.32 Å². The first kappa shape index (κ1) is 10.4. The molecule has 0 aromatic rings. The predicted octanol–water partition coefficient (Wildman–Crippen LogP) is 0.0650. The van der Waals surface area contributed by atoms with Crippen LogP contribution in [0.2, 0.25) is 0 Å². The summed E-state index contributed by atoms with van der Waals surface area (Å²) in [5.74, 6) is 0.124. The normalized spacial score (nSPS) is 33.7. The van der Waals surface area contributed by atoms with Crippen molar-refractivity contribution in [2.75, 3.05) is 14.2 Å². The van der Waals surface area contributed by atoms with E-state index in [1.54, 1.807) is 7.05 Å². The molecule has 5 nitrogen and oxygen atoms in total. The Kier molecular flexibility index (Phi) is 2.42. The van der Waals surface area contributed by atoms with Gasteiger partial charge >= 0.3 is 0 Å². The van der Waals surface area contributed by atoms with Crippen molar-refractivity contribution in [1.29, 1.82) is 0 Å². The molecule has 2 fully saturated rings. The second kappa shape index (κ2) is 3.48. The number of hydroxylamine groups is 2. The van der Waals surface area contributed by atoms with Crippen LogP contribution in [0.3, 0.4) is 0 Å². The van der Waals surface area contributed by atoms with Gasteiger partial charge in [0.25, 0.3) is 0 Å². The summed E-state index contributed by atoms with van der Waals surface area (Å²) in [6, 6.07) is 0. The van der Waals surface area contributed by atoms with Crippen LogP contribution in [0.5, 0.6) is 0 Å². The number of nitrogens with one attached hydrogen (secondary N) is 1. The van der Waals surface area contributed by atoms with E-state index in [1.165, 1.54) is 12.2 Å². The summed E-state index contributed by atoms with van der Waals surface area (Å²) in [7, 11) is 3.09. The minimum absolute atomic E-state index is 0.00396. The van der Waals surface area contributed by atoms with Crippen LogP contribution in [0.15, 0.2) is 0 Å². The van der Waals surface area contributed by atoms with Gasteiger partial charge in [0.2, 0.25) is 11.8 Å². The molecular weight excluding hydrogens is 196 g/mol. The fraction of sp³-hybridized carbons (Fsp3) is 0.800. The largest absolute Gasteiger partial charge is 0.351 e. The topological polar surface area (TPSA) is 58.6 Å². The number of nitrogens with zero attached hydrogens (tertiary/aromatic N) is 1. The number of carbonyl (C=O) groups is 2. The molecule has 15 heavy (non-hydrogen) atoms. The van der Waals surface area contributed by atoms with E-state index < -0.39 is 0 Å². The fourth-order valence-electron chi connectivity index (χ4n) is 2.48. The number of hydrogen-bond donors (Lipinski definition) is 1. The van der Waals surface area contributed by atoms with Gasteiger partial charge in [-0.05, 0) is 19.3 Å². The quantitative estimate of drug-likeness (QED) is 0.659. The molecule has 2 rings (SSSR count). The van der Waals surface area contributed by atoms with Crippen molar-refractivity contribution in [3.63, 3.8) is 0 Å². The van der Waals surface area contributed by atoms with Gasteiger partial charge in [-0.2, -0.15) is 0 Å². The van der Waals surface area contributed by atoms with Crippen molar-refractivity contribution >= 4 is 11.8 Å². The molecule has 0 bridgehead atoms. The minimum Gasteiger partial charge on any atom is -0.351 e. The van der Waals surface area contributed by atoms with Crippen LogP contribution in [0.4, 0.5) is 0 Å². The van der Waals surface area contributed by atoms with Crippen molar-refractivity contribution in [2.45, 2.75) is 31.2 Å². The summed E-state index contributed by atoms with van der Waals surface area (Å²) in [4.78, 5) is 27.6. The molecule has 0 unspecified atom stereocenters. The second-order valence-electron chi connectivity index (χ2n) is 4.45. The van der Waals surface area contributed by atoms with Crippen molar-refractivity contribution in [2.24, 2.45) is 5.92 Å². The van der Waals surface area contributed by atoms with Crippen LogP contribution < -0.4 is 5.32 Å². The maximum Gasteiger partial charge on any atom is 0.249 e. The summed E-state index contributed by atoms with van der Waals surface area (Å²) in [5, 5.41) is 4.22. The van der Waals surface area contributed by atoms with E-state index in [2.05, 4.69) is 5.32 Å². The SMILES string of the molecule is CON(C)C(=O)C1CC2(CCC(=O)N2)C1. The Morgan fingerprint density at radius 3 is 2.73 bits per heavy atom. The lowest BCUT2D eigenvalue weighted by atomic mass is 9.67. The maximum absolute atomic E-state index is 11.7. The van der Waals surface area contributed by atoms with E-state index in [-0.39, 0.29) is 23.3 Å². The van der Waals surface area contributed by atoms with Crippen LogP contribution in [-0.4, -0.2) is 36.6 Å². The van der Waals surface area contributed by atoms with E-state index >= 15 is 0 Å². The molecule has 0 radical (unpaired) electrons. The molecular formula is C10H16N2O3. The predicted molar refractivity (Wildman–Crippen MR) is 52.6 cm³/mol. The summed E-state index contributed by atoms with van der Waals surface area (Å²) < 4.78 is 0. The first-order valence-electron chi connectivity index (χ1n) is 5.19. The average Bonchev–Trinajstić information content (AvgIpc) is 2.56. The highest BCUT2D eigenvalue weighted by Gasteiger charge is 2.51. The highest BCUT2D eigenvalue weighted by atomic mass is 16.7. The zero-order valence-electron chi connectivity index (χ0n) is 9.08. The highest BCUT2D eigenvalue weighted by Crippen LogP contribution is 2.44. The molecule has 1 N–H and O–H groups in total. The number of carbonyl (C=O) groups excluding carboxylic acids is 2. The Morgan fingerprint density at radius 1 is 1.60 bits per heavy atom. The van der Waals surface area contributed by atoms with E-state index in [4.69, 9.17) is 4.84 Å². The van der Waals surface area contributed by atoms with Gasteiger partial charge in [0.1, 0.15) is 0 Å². The zero-order chi connectivity index (χ0) is 11.1. The van der Waals surface area contributed by atoms with Crippen LogP contribution in [0.1, 0.15) is 25.7 Å². The Balaban J connectivity index is 1.88. The van der Waals surface area contributed by atoms with Crippen molar-refractivity contribution in [1.82, 2.24) is 10.4 Å². The summed E-state index contributed by atoms with van der Waals surface area (Å²) in [6.07, 6.45) is 2.98. The Morgan fingerprint density at radius 2 is 2.27 bits per heavy atom. The third-order valence-corrected chi connectivity index (χ3v) is 3.44. The Hall–Kier alpha value is -1.10. The molecule has 1 heterocycles. The van der Waals surface area contributed by atoms with Gasteiger partial charge in [0.15, 0.2) is 0 Å². The molecule has 1 aliphatic carbocycles. The Labute approximate surface area is 88.7 Å². The smallest absolute Gasteiger partial charge is 0.249 e. The number of rotatable bonds is 2. The molecule has 5 heteroatoms. The molecule has 0 aromatic carbocycles. The second-order valence-corrected chi connectivity index (χ2v) is 4.45. The van der Waals surface area contributed by atoms with Gasteiger partial charge in [-0.25, -0.2) is 5.06 Å². The van der Waals surface area contributed by atoms with Crippen molar-refractivity contribution < 1.29 is 14.4 Å². The van der Waals surface area contributed by atoms with E-state index in [1.807, 2.05) is 0 Å². The zero-order valence-corrected chi connectivity index (χ0v) is 9.08. The lowest BCUT2D eigenvalue weighted by Crippen LogP contribution is -2.56. The molecule has 2 amide bonds. The monoisotopic (exact) mass is 212 g/mol. The summed E-state index contributed by atoms with van der Waals surface area (Å²) in [5.41, 5.74) is -0.0774. The molecule has 1 saturated heterocycles. The average molecular weight is 212 g/mol. The third kappa shape index (κ3) is 1.71. The highest BCUT2D eigenvalue weighted by molar-refractivity contribution is 5.83. The molecule has 1 aliphatic heterocycles. The first-order chi connectivity index (χ1) is 7.06. The molecule has 0 aromatic heterocycles. The Bertz CT molecular complexity index is 297. The van der Waals surface area contributed by atoms with Crippen LogP contribution in [-0.2, 0) is 14.4 Å². The molecule has 2 aliphatic rings. The van der Waals surface area contributed by atoms with Gasteiger partial charge in [-0.3, -0.25) is 14.4 Å². The van der Waals surface area contributed by atoms with Crippen LogP contribution in [0.25, 0.3) is 0 Å². The van der Waals surface area contributed by atoms with E-state index in [9.17, 15) is 9.59 Å². The van der Waals surface area contributed by atoms with Crippen molar-refractivity contribution in [3.8, 4) is 0 Å². The lowest BCUT2D eigenvalue weighted by Gasteiger charge is -2.44. The first-order valence-corrected chi connectivity index (χ1v) is 5.19. The minimum atomic E-state index is -0.0774. The van der Waals surface area contributed by atoms with Gasteiger partial charge in [0.05, 0.1) is 7.11 Å². The van der Waals surface area contributed by atoms with Crippen LogP contribution in [0, 0.1) is 5.92 Å². The van der Waals surface area contributed by atoms with Gasteiger partial charge in [0, 0.05) is 24.9 Å². The molecule has 0 atom stereocenters. The lowest BCUT2D eigenvalue weighted by molar-refractivity contribution is -0.178. The number of hydrogen-bond acceptors (Lipinski definition) is 3. The van der Waals surface area contributed by atoms with E-state index in [0.29, 0.717) is 6.42 Å². The summed E-state index contributed by atoms with van der Waals surface area (Å²) >= 11 is 0. The molecule has 1 spiro atoms. The van der Waals surface area contributed by atoms with Gasteiger partial charge in [-0.15, -0.1) is 0 Å². The molecule has 84 valence electrons. The third-order valence-electron chi connectivity index (χ3n) is 3.44. The standard InChI is InChI=1S/C10H16N2O3/c1-12(15-2)9(14)7-5-10(6-7)4-3-8(13)11-10/h7H,3-6H2,1-2H3,(H,11,13). The van der Waals surface area contributed by atoms with Gasteiger partial charge in [-0.1, -0.05) is 0 Å². The van der Waals surface area contributed by atoms with Crippen molar-refractivity contribution in [3.05, 3.63) is 0 Å². The number of amides is 2. The maximum atomic E-state index is 11.7. The molecule has 1 saturated carbocycles. The summed E-state index contributed by atoms with van der Waals surface area (Å²) in [6.45, 7) is 0. The van der Waals surface area contributed by atoms with E-state index in [0.717, 1.165) is 19.3 Å². The fourth-order valence-corrected chi connectivity index (χ4v) is 2.48. The van der Waals surface area contributed by atoms with Crippen LogP contribution >= 0.6 is 0 Å².